The minimum absolute atomic E-state index is 0.295. The molecule has 0 heterocycles. The van der Waals surface area contributed by atoms with Crippen LogP contribution in [0.5, 0.6) is 11.5 Å². The van der Waals surface area contributed by atoms with Crippen LogP contribution in [0.4, 0.5) is 0 Å². The second-order valence-electron chi connectivity index (χ2n) is 5.86. The minimum Gasteiger partial charge on any atom is -0.457 e. The molecule has 1 atom stereocenters. The molecule has 0 aliphatic rings. The van der Waals surface area contributed by atoms with Crippen molar-refractivity contribution in [1.29, 1.82) is 0 Å². The maximum absolute atomic E-state index is 12.4. The Balaban J connectivity index is 1.67. The van der Waals surface area contributed by atoms with E-state index in [4.69, 9.17) is 21.1 Å². The Morgan fingerprint density at radius 1 is 0.815 bits per heavy atom. The molecule has 4 nitrogen and oxygen atoms in total. The fourth-order valence-corrected chi connectivity index (χ4v) is 2.57. The molecule has 5 heteroatoms. The van der Waals surface area contributed by atoms with Crippen LogP contribution in [-0.2, 0) is 4.74 Å². The Bertz CT molecular complexity index is 936. The molecular weight excluding hydrogens is 364 g/mol. The molecule has 3 aromatic carbocycles. The molecule has 0 aliphatic heterocycles. The normalized spacial score (nSPS) is 11.5. The van der Waals surface area contributed by atoms with Crippen molar-refractivity contribution >= 4 is 23.4 Å². The molecule has 0 spiro atoms. The van der Waals surface area contributed by atoms with Gasteiger partial charge in [0.25, 0.3) is 0 Å². The van der Waals surface area contributed by atoms with Crippen LogP contribution in [0.2, 0.25) is 5.02 Å². The summed E-state index contributed by atoms with van der Waals surface area (Å²) in [7, 11) is 0. The lowest BCUT2D eigenvalue weighted by molar-refractivity contribution is 0.0318. The van der Waals surface area contributed by atoms with Gasteiger partial charge < -0.3 is 9.47 Å². The molecular formula is C22H17ClO4. The van der Waals surface area contributed by atoms with E-state index in [9.17, 15) is 9.59 Å². The van der Waals surface area contributed by atoms with Crippen LogP contribution in [0.15, 0.2) is 78.9 Å². The maximum Gasteiger partial charge on any atom is 0.338 e. The highest BCUT2D eigenvalue weighted by Crippen LogP contribution is 2.22. The number of halogens is 1. The number of rotatable bonds is 6. The number of hydrogen-bond acceptors (Lipinski definition) is 4. The Kier molecular flexibility index (Phi) is 5.89. The quantitative estimate of drug-likeness (QED) is 0.415. The highest BCUT2D eigenvalue weighted by molar-refractivity contribution is 6.30. The average molecular weight is 381 g/mol. The van der Waals surface area contributed by atoms with Crippen molar-refractivity contribution in [2.75, 3.05) is 0 Å². The predicted octanol–water partition coefficient (Wildman–Crippen LogP) is 5.56. The zero-order chi connectivity index (χ0) is 19.2. The maximum atomic E-state index is 12.4. The molecule has 0 unspecified atom stereocenters. The number of esters is 1. The molecule has 0 saturated carbocycles. The van der Waals surface area contributed by atoms with E-state index in [-0.39, 0.29) is 5.78 Å². The third-order valence-electron chi connectivity index (χ3n) is 3.83. The number of benzene rings is 3. The predicted molar refractivity (Wildman–Crippen MR) is 104 cm³/mol. The van der Waals surface area contributed by atoms with E-state index in [1.807, 2.05) is 30.3 Å². The number of Topliss-reactive ketones (excluding diaryl/α,β-unsaturated/α-hetero) is 1. The number of para-hydroxylation sites is 1. The van der Waals surface area contributed by atoms with Gasteiger partial charge in [0.1, 0.15) is 11.5 Å². The van der Waals surface area contributed by atoms with Crippen molar-refractivity contribution < 1.29 is 19.1 Å². The number of ketones is 1. The third kappa shape index (κ3) is 4.96. The van der Waals surface area contributed by atoms with Gasteiger partial charge in [0, 0.05) is 10.6 Å². The highest BCUT2D eigenvalue weighted by Gasteiger charge is 2.20. The van der Waals surface area contributed by atoms with Crippen molar-refractivity contribution in [3.63, 3.8) is 0 Å². The number of ether oxygens (including phenoxy) is 2. The van der Waals surface area contributed by atoms with E-state index in [0.29, 0.717) is 27.6 Å². The van der Waals surface area contributed by atoms with Crippen molar-refractivity contribution in [3.05, 3.63) is 95.0 Å². The van der Waals surface area contributed by atoms with E-state index in [1.165, 1.54) is 0 Å². The van der Waals surface area contributed by atoms with Gasteiger partial charge in [-0.1, -0.05) is 35.9 Å². The Hall–Kier alpha value is -3.11. The van der Waals surface area contributed by atoms with Gasteiger partial charge in [-0.3, -0.25) is 4.79 Å². The van der Waals surface area contributed by atoms with Gasteiger partial charge in [-0.25, -0.2) is 4.79 Å². The summed E-state index contributed by atoms with van der Waals surface area (Å²) in [6, 6.07) is 22.3. The molecule has 0 fully saturated rings. The lowest BCUT2D eigenvalue weighted by Crippen LogP contribution is -2.24. The van der Waals surface area contributed by atoms with Crippen LogP contribution >= 0.6 is 11.6 Å². The molecule has 3 aromatic rings. The molecule has 0 aliphatic carbocycles. The van der Waals surface area contributed by atoms with Crippen LogP contribution in [0.1, 0.15) is 27.6 Å². The molecule has 136 valence electrons. The summed E-state index contributed by atoms with van der Waals surface area (Å²) in [4.78, 5) is 24.8. The summed E-state index contributed by atoms with van der Waals surface area (Å²) >= 11 is 5.82. The smallest absolute Gasteiger partial charge is 0.338 e. The zero-order valence-electron chi connectivity index (χ0n) is 14.6. The SMILES string of the molecule is C[C@H](OC(=O)c1cccc(Oc2ccccc2)c1)C(=O)c1ccc(Cl)cc1. The lowest BCUT2D eigenvalue weighted by Gasteiger charge is -2.13. The van der Waals surface area contributed by atoms with Gasteiger partial charge in [-0.15, -0.1) is 0 Å². The summed E-state index contributed by atoms with van der Waals surface area (Å²) in [5, 5.41) is 0.534. The van der Waals surface area contributed by atoms with E-state index < -0.39 is 12.1 Å². The largest absolute Gasteiger partial charge is 0.457 e. The molecule has 0 bridgehead atoms. The summed E-state index contributed by atoms with van der Waals surface area (Å²) in [6.07, 6.45) is -0.919. The first kappa shape index (κ1) is 18.7. The topological polar surface area (TPSA) is 52.6 Å². The van der Waals surface area contributed by atoms with E-state index >= 15 is 0 Å². The molecule has 0 saturated heterocycles. The molecule has 0 N–H and O–H groups in total. The average Bonchev–Trinajstić information content (AvgIpc) is 2.69. The van der Waals surface area contributed by atoms with Gasteiger partial charge in [-0.05, 0) is 61.5 Å². The van der Waals surface area contributed by atoms with Gasteiger partial charge in [0.15, 0.2) is 6.10 Å². The first-order valence-electron chi connectivity index (χ1n) is 8.36. The fourth-order valence-electron chi connectivity index (χ4n) is 2.44. The Labute approximate surface area is 162 Å². The molecule has 27 heavy (non-hydrogen) atoms. The van der Waals surface area contributed by atoms with Crippen LogP contribution in [0.3, 0.4) is 0 Å². The second-order valence-corrected chi connectivity index (χ2v) is 6.30. The van der Waals surface area contributed by atoms with Gasteiger partial charge in [-0.2, -0.15) is 0 Å². The van der Waals surface area contributed by atoms with Crippen molar-refractivity contribution in [1.82, 2.24) is 0 Å². The molecule has 0 amide bonds. The van der Waals surface area contributed by atoms with Gasteiger partial charge in [0.05, 0.1) is 5.56 Å². The Morgan fingerprint density at radius 3 is 2.19 bits per heavy atom. The van der Waals surface area contributed by atoms with Crippen LogP contribution < -0.4 is 4.74 Å². The summed E-state index contributed by atoms with van der Waals surface area (Å²) in [6.45, 7) is 1.54. The number of hydrogen-bond donors (Lipinski definition) is 0. The number of carbonyl (C=O) groups is 2. The van der Waals surface area contributed by atoms with Crippen LogP contribution in [-0.4, -0.2) is 17.9 Å². The van der Waals surface area contributed by atoms with Crippen molar-refractivity contribution in [2.24, 2.45) is 0 Å². The monoisotopic (exact) mass is 380 g/mol. The lowest BCUT2D eigenvalue weighted by atomic mass is 10.1. The van der Waals surface area contributed by atoms with Gasteiger partial charge >= 0.3 is 5.97 Å². The fraction of sp³-hybridized carbons (Fsp3) is 0.0909. The van der Waals surface area contributed by atoms with E-state index in [2.05, 4.69) is 0 Å². The van der Waals surface area contributed by atoms with E-state index in [1.54, 1.807) is 55.5 Å². The highest BCUT2D eigenvalue weighted by atomic mass is 35.5. The first-order chi connectivity index (χ1) is 13.0. The molecule has 0 aromatic heterocycles. The van der Waals surface area contributed by atoms with Crippen molar-refractivity contribution in [2.45, 2.75) is 13.0 Å². The zero-order valence-corrected chi connectivity index (χ0v) is 15.3. The molecule has 3 rings (SSSR count). The summed E-state index contributed by atoms with van der Waals surface area (Å²) in [5.41, 5.74) is 0.736. The minimum atomic E-state index is -0.919. The van der Waals surface area contributed by atoms with Crippen LogP contribution in [0.25, 0.3) is 0 Å². The van der Waals surface area contributed by atoms with E-state index in [0.717, 1.165) is 0 Å². The molecule has 0 radical (unpaired) electrons. The van der Waals surface area contributed by atoms with Crippen molar-refractivity contribution in [3.8, 4) is 11.5 Å². The standard InChI is InChI=1S/C22H17ClO4/c1-15(21(24)16-10-12-18(23)13-11-16)26-22(25)17-6-5-9-20(14-17)27-19-7-3-2-4-8-19/h2-15H,1H3/t15-/m0/s1. The number of carbonyl (C=O) groups excluding carboxylic acids is 2. The van der Waals surface area contributed by atoms with Gasteiger partial charge in [0.2, 0.25) is 5.78 Å². The first-order valence-corrected chi connectivity index (χ1v) is 8.74. The second kappa shape index (κ2) is 8.52. The summed E-state index contributed by atoms with van der Waals surface area (Å²) < 4.78 is 11.0. The Morgan fingerprint density at radius 2 is 1.48 bits per heavy atom. The third-order valence-corrected chi connectivity index (χ3v) is 4.08. The van der Waals surface area contributed by atoms with Crippen LogP contribution in [0, 0.1) is 0 Å². The summed E-state index contributed by atoms with van der Waals surface area (Å²) in [5.74, 6) is 0.279.